The van der Waals surface area contributed by atoms with Crippen LogP contribution >= 0.6 is 0 Å². The van der Waals surface area contributed by atoms with Crippen LogP contribution in [0.5, 0.6) is 0 Å². The van der Waals surface area contributed by atoms with E-state index in [0.29, 0.717) is 0 Å². The molecule has 1 aliphatic heterocycles. The van der Waals surface area contributed by atoms with Gasteiger partial charge in [0.25, 0.3) is 0 Å². The van der Waals surface area contributed by atoms with Gasteiger partial charge in [-0.3, -0.25) is 9.88 Å². The molecule has 4 aromatic rings. The standard InChI is InChI=1S/C26H21N3/c1-3-19-10-11-21-16-23(13-12-20(21)15-19)29-18(2)24-8-4-5-9-25(24)28-26(29)22-7-6-14-27-17-22/h4-17H,2-3H2,1H3. The van der Waals surface area contributed by atoms with Crippen LogP contribution in [-0.4, -0.2) is 10.8 Å². The van der Waals surface area contributed by atoms with Crippen LogP contribution in [0.4, 0.5) is 11.4 Å². The maximum Gasteiger partial charge on any atom is 0.147 e. The lowest BCUT2D eigenvalue weighted by atomic mass is 10.0. The minimum atomic E-state index is 0.839. The highest BCUT2D eigenvalue weighted by Gasteiger charge is 2.26. The van der Waals surface area contributed by atoms with Crippen molar-refractivity contribution in [1.29, 1.82) is 0 Å². The van der Waals surface area contributed by atoms with Crippen LogP contribution in [0, 0.1) is 0 Å². The first-order valence-corrected chi connectivity index (χ1v) is 9.85. The second-order valence-corrected chi connectivity index (χ2v) is 7.20. The topological polar surface area (TPSA) is 28.5 Å². The van der Waals surface area contributed by atoms with Gasteiger partial charge in [0.05, 0.1) is 5.69 Å². The SMILES string of the molecule is C=C1c2ccccc2N=C(c2cccnc2)N1c1ccc2cc(CC)ccc2c1. The highest BCUT2D eigenvalue weighted by atomic mass is 15.2. The van der Waals surface area contributed by atoms with Gasteiger partial charge in [0.15, 0.2) is 0 Å². The van der Waals surface area contributed by atoms with Gasteiger partial charge in [-0.15, -0.1) is 0 Å². The molecule has 0 atom stereocenters. The Labute approximate surface area is 170 Å². The van der Waals surface area contributed by atoms with Crippen LogP contribution in [0.25, 0.3) is 16.5 Å². The van der Waals surface area contributed by atoms with E-state index in [1.165, 1.54) is 16.3 Å². The van der Waals surface area contributed by atoms with Gasteiger partial charge >= 0.3 is 0 Å². The highest BCUT2D eigenvalue weighted by Crippen LogP contribution is 2.38. The first-order valence-electron chi connectivity index (χ1n) is 9.85. The number of anilines is 1. The Balaban J connectivity index is 1.69. The molecule has 0 aliphatic carbocycles. The molecule has 0 fully saturated rings. The van der Waals surface area contributed by atoms with E-state index in [9.17, 15) is 0 Å². The summed E-state index contributed by atoms with van der Waals surface area (Å²) in [6, 6.07) is 25.3. The average molecular weight is 375 g/mol. The smallest absolute Gasteiger partial charge is 0.147 e. The number of pyridine rings is 1. The summed E-state index contributed by atoms with van der Waals surface area (Å²) in [5.74, 6) is 0.839. The van der Waals surface area contributed by atoms with E-state index in [2.05, 4.69) is 65.9 Å². The van der Waals surface area contributed by atoms with Crippen molar-refractivity contribution in [2.45, 2.75) is 13.3 Å². The van der Waals surface area contributed by atoms with Crippen LogP contribution in [0.2, 0.25) is 0 Å². The molecule has 140 valence electrons. The van der Waals surface area contributed by atoms with Gasteiger partial charge in [-0.05, 0) is 53.1 Å². The minimum Gasteiger partial charge on any atom is -0.294 e. The van der Waals surface area contributed by atoms with Crippen LogP contribution < -0.4 is 4.90 Å². The van der Waals surface area contributed by atoms with Crippen LogP contribution in [-0.2, 0) is 6.42 Å². The Morgan fingerprint density at radius 3 is 2.55 bits per heavy atom. The summed E-state index contributed by atoms with van der Waals surface area (Å²) in [5, 5.41) is 2.45. The molecule has 3 aromatic carbocycles. The molecular formula is C26H21N3. The molecule has 0 saturated heterocycles. The molecule has 1 aliphatic rings. The van der Waals surface area contributed by atoms with Gasteiger partial charge < -0.3 is 0 Å². The Kier molecular flexibility index (Phi) is 4.21. The van der Waals surface area contributed by atoms with Gasteiger partial charge in [-0.25, -0.2) is 4.99 Å². The molecule has 0 spiro atoms. The van der Waals surface area contributed by atoms with E-state index in [1.54, 1.807) is 6.20 Å². The van der Waals surface area contributed by atoms with Crippen molar-refractivity contribution in [3.8, 4) is 0 Å². The number of amidine groups is 1. The average Bonchev–Trinajstić information content (AvgIpc) is 2.79. The summed E-state index contributed by atoms with van der Waals surface area (Å²) < 4.78 is 0. The van der Waals surface area contributed by atoms with E-state index in [-0.39, 0.29) is 0 Å². The maximum absolute atomic E-state index is 4.97. The zero-order valence-electron chi connectivity index (χ0n) is 16.3. The van der Waals surface area contributed by atoms with Gasteiger partial charge in [0.2, 0.25) is 0 Å². The summed E-state index contributed by atoms with van der Waals surface area (Å²) in [7, 11) is 0. The number of hydrogen-bond donors (Lipinski definition) is 0. The van der Waals surface area contributed by atoms with Gasteiger partial charge in [0, 0.05) is 34.9 Å². The molecule has 0 N–H and O–H groups in total. The first kappa shape index (κ1) is 17.4. The second kappa shape index (κ2) is 7.02. The summed E-state index contributed by atoms with van der Waals surface area (Å²) >= 11 is 0. The number of aromatic nitrogens is 1. The minimum absolute atomic E-state index is 0.839. The number of rotatable bonds is 3. The van der Waals surface area contributed by atoms with Gasteiger partial charge in [0.1, 0.15) is 5.84 Å². The Morgan fingerprint density at radius 1 is 0.897 bits per heavy atom. The maximum atomic E-state index is 4.97. The number of para-hydroxylation sites is 1. The molecule has 0 saturated carbocycles. The predicted molar refractivity (Wildman–Crippen MR) is 122 cm³/mol. The van der Waals surface area contributed by atoms with Crippen molar-refractivity contribution < 1.29 is 0 Å². The lowest BCUT2D eigenvalue weighted by molar-refractivity contribution is 1.15. The van der Waals surface area contributed by atoms with Crippen LogP contribution in [0.1, 0.15) is 23.6 Å². The van der Waals surface area contributed by atoms with Crippen LogP contribution in [0.3, 0.4) is 0 Å². The third kappa shape index (κ3) is 3.01. The van der Waals surface area contributed by atoms with Gasteiger partial charge in [-0.2, -0.15) is 0 Å². The molecule has 3 nitrogen and oxygen atoms in total. The molecular weight excluding hydrogens is 354 g/mol. The second-order valence-electron chi connectivity index (χ2n) is 7.20. The monoisotopic (exact) mass is 375 g/mol. The number of benzene rings is 3. The Bertz CT molecular complexity index is 1260. The van der Waals surface area contributed by atoms with Crippen molar-refractivity contribution in [2.75, 3.05) is 4.90 Å². The van der Waals surface area contributed by atoms with Gasteiger partial charge in [-0.1, -0.05) is 56.0 Å². The molecule has 29 heavy (non-hydrogen) atoms. The highest BCUT2D eigenvalue weighted by molar-refractivity contribution is 6.20. The zero-order chi connectivity index (χ0) is 19.8. The van der Waals surface area contributed by atoms with Crippen molar-refractivity contribution in [3.05, 3.63) is 108 Å². The lowest BCUT2D eigenvalue weighted by Gasteiger charge is -2.32. The predicted octanol–water partition coefficient (Wildman–Crippen LogP) is 6.37. The van der Waals surface area contributed by atoms with Crippen molar-refractivity contribution in [2.24, 2.45) is 4.99 Å². The number of nitrogens with zero attached hydrogens (tertiary/aromatic N) is 3. The molecule has 3 heteroatoms. The first-order chi connectivity index (χ1) is 14.2. The normalized spacial score (nSPS) is 13.3. The number of aryl methyl sites for hydroxylation is 1. The molecule has 0 radical (unpaired) electrons. The molecule has 1 aromatic heterocycles. The van der Waals surface area contributed by atoms with E-state index in [0.717, 1.165) is 40.5 Å². The fourth-order valence-electron chi connectivity index (χ4n) is 3.84. The lowest BCUT2D eigenvalue weighted by Crippen LogP contribution is -2.32. The van der Waals surface area contributed by atoms with Crippen LogP contribution in [0.15, 0.2) is 96.8 Å². The summed E-state index contributed by atoms with van der Waals surface area (Å²) in [6.07, 6.45) is 4.66. The van der Waals surface area contributed by atoms with Crippen molar-refractivity contribution in [1.82, 2.24) is 4.98 Å². The fourth-order valence-corrected chi connectivity index (χ4v) is 3.84. The Morgan fingerprint density at radius 2 is 1.72 bits per heavy atom. The summed E-state index contributed by atoms with van der Waals surface area (Å²) in [5.41, 5.74) is 6.24. The molecule has 5 rings (SSSR count). The summed E-state index contributed by atoms with van der Waals surface area (Å²) in [6.45, 7) is 6.60. The molecule has 0 unspecified atom stereocenters. The Hall–Kier alpha value is -3.72. The van der Waals surface area contributed by atoms with E-state index >= 15 is 0 Å². The number of aliphatic imine (C=N–C) groups is 1. The van der Waals surface area contributed by atoms with Crippen molar-refractivity contribution >= 4 is 33.7 Å². The zero-order valence-corrected chi connectivity index (χ0v) is 16.3. The summed E-state index contributed by atoms with van der Waals surface area (Å²) in [4.78, 5) is 11.4. The third-order valence-electron chi connectivity index (χ3n) is 5.40. The quantitative estimate of drug-likeness (QED) is 0.416. The van der Waals surface area contributed by atoms with E-state index < -0.39 is 0 Å². The third-order valence-corrected chi connectivity index (χ3v) is 5.40. The van der Waals surface area contributed by atoms with Crippen molar-refractivity contribution in [3.63, 3.8) is 0 Å². The van der Waals surface area contributed by atoms with E-state index in [4.69, 9.17) is 4.99 Å². The fraction of sp³-hybridized carbons (Fsp3) is 0.0769. The molecule has 0 bridgehead atoms. The number of fused-ring (bicyclic) bond motifs is 2. The number of hydrogen-bond acceptors (Lipinski definition) is 3. The van der Waals surface area contributed by atoms with E-state index in [1.807, 2.05) is 36.5 Å². The molecule has 2 heterocycles. The molecule has 0 amide bonds. The largest absolute Gasteiger partial charge is 0.294 e.